The van der Waals surface area contributed by atoms with Crippen LogP contribution in [0.2, 0.25) is 0 Å². The molecule has 0 bridgehead atoms. The molecule has 28 heavy (non-hydrogen) atoms. The molecule has 3 aromatic carbocycles. The van der Waals surface area contributed by atoms with Crippen LogP contribution >= 0.6 is 0 Å². The van der Waals surface area contributed by atoms with E-state index in [9.17, 15) is 9.59 Å². The van der Waals surface area contributed by atoms with E-state index in [-0.39, 0.29) is 5.75 Å². The smallest absolute Gasteiger partial charge is 0.362 e. The predicted octanol–water partition coefficient (Wildman–Crippen LogP) is 4.72. The van der Waals surface area contributed by atoms with E-state index in [0.717, 1.165) is 17.9 Å². The van der Waals surface area contributed by atoms with Gasteiger partial charge in [-0.05, 0) is 30.7 Å². The number of hydrogen-bond donors (Lipinski definition) is 0. The highest BCUT2D eigenvalue weighted by molar-refractivity contribution is 5.80. The summed E-state index contributed by atoms with van der Waals surface area (Å²) in [6, 6.07) is 23.9. The average Bonchev–Trinajstić information content (AvgIpc) is 2.73. The molecule has 5 nitrogen and oxygen atoms in total. The number of para-hydroxylation sites is 2. The quantitative estimate of drug-likeness (QED) is 0.366. The van der Waals surface area contributed by atoms with E-state index < -0.39 is 11.9 Å². The molecule has 3 aromatic rings. The summed E-state index contributed by atoms with van der Waals surface area (Å²) in [5, 5.41) is 0. The number of rotatable bonds is 5. The normalized spacial score (nSPS) is 12.0. The summed E-state index contributed by atoms with van der Waals surface area (Å²) in [7, 11) is 0. The summed E-state index contributed by atoms with van der Waals surface area (Å²) in [6.45, 7) is 2.53. The Hall–Kier alpha value is -3.60. The van der Waals surface area contributed by atoms with Gasteiger partial charge < -0.3 is 4.74 Å². The molecule has 1 aliphatic heterocycles. The molecule has 0 fully saturated rings. The van der Waals surface area contributed by atoms with Crippen LogP contribution in [0.5, 0.6) is 11.5 Å². The minimum absolute atomic E-state index is 0.219. The molecule has 0 amide bonds. The van der Waals surface area contributed by atoms with E-state index in [1.54, 1.807) is 31.2 Å². The second-order valence-corrected chi connectivity index (χ2v) is 6.17. The maximum Gasteiger partial charge on any atom is 0.362 e. The highest BCUT2D eigenvalue weighted by atomic mass is 17.2. The van der Waals surface area contributed by atoms with Crippen LogP contribution in [-0.4, -0.2) is 12.3 Å². The van der Waals surface area contributed by atoms with Gasteiger partial charge in [0.25, 0.3) is 0 Å². The van der Waals surface area contributed by atoms with E-state index in [1.165, 1.54) is 5.56 Å². The van der Waals surface area contributed by atoms with Gasteiger partial charge in [0, 0.05) is 5.56 Å². The first-order valence-corrected chi connectivity index (χ1v) is 8.87. The largest absolute Gasteiger partial charge is 0.488 e. The van der Waals surface area contributed by atoms with Crippen LogP contribution in [0.4, 0.5) is 0 Å². The minimum atomic E-state index is -0.517. The molecular weight excluding hydrogens is 356 g/mol. The van der Waals surface area contributed by atoms with Crippen molar-refractivity contribution in [2.75, 3.05) is 0 Å². The first-order valence-electron chi connectivity index (χ1n) is 8.87. The summed E-state index contributed by atoms with van der Waals surface area (Å²) in [6.07, 6.45) is 0.643. The van der Waals surface area contributed by atoms with Crippen LogP contribution in [0.25, 0.3) is 0 Å². The van der Waals surface area contributed by atoms with Crippen molar-refractivity contribution in [1.29, 1.82) is 0 Å². The highest BCUT2D eigenvalue weighted by Gasteiger charge is 2.18. The zero-order valence-corrected chi connectivity index (χ0v) is 15.4. The monoisotopic (exact) mass is 376 g/mol. The van der Waals surface area contributed by atoms with Gasteiger partial charge in [0.15, 0.2) is 12.0 Å². The van der Waals surface area contributed by atoms with Crippen LogP contribution in [0.15, 0.2) is 78.9 Å². The third-order valence-corrected chi connectivity index (χ3v) is 4.27. The molecule has 1 heterocycles. The van der Waals surface area contributed by atoms with Crippen LogP contribution in [-0.2, 0) is 16.3 Å². The lowest BCUT2D eigenvalue weighted by Gasteiger charge is -2.18. The molecule has 0 N–H and O–H groups in total. The van der Waals surface area contributed by atoms with Crippen molar-refractivity contribution in [3.63, 3.8) is 0 Å². The Bertz CT molecular complexity index is 913. The molecule has 0 saturated heterocycles. The molecule has 0 radical (unpaired) electrons. The second-order valence-electron chi connectivity index (χ2n) is 6.17. The Balaban J connectivity index is 0.000000231. The summed E-state index contributed by atoms with van der Waals surface area (Å²) in [4.78, 5) is 32.4. The fourth-order valence-electron chi connectivity index (χ4n) is 2.53. The second kappa shape index (κ2) is 9.37. The van der Waals surface area contributed by atoms with Crippen molar-refractivity contribution >= 4 is 12.3 Å². The summed E-state index contributed by atoms with van der Waals surface area (Å²) in [5.41, 5.74) is 2.49. The Morgan fingerprint density at radius 2 is 1.64 bits per heavy atom. The van der Waals surface area contributed by atoms with Crippen LogP contribution in [0.1, 0.15) is 34.3 Å². The van der Waals surface area contributed by atoms with Gasteiger partial charge in [-0.15, -0.1) is 0 Å². The van der Waals surface area contributed by atoms with Crippen molar-refractivity contribution in [2.24, 2.45) is 0 Å². The third kappa shape index (κ3) is 4.76. The topological polar surface area (TPSA) is 61.8 Å². The van der Waals surface area contributed by atoms with Gasteiger partial charge in [0.2, 0.25) is 0 Å². The number of ether oxygens (including phenoxy) is 1. The molecule has 1 unspecified atom stereocenters. The van der Waals surface area contributed by atoms with Crippen LogP contribution in [0.3, 0.4) is 0 Å². The fourth-order valence-corrected chi connectivity index (χ4v) is 2.53. The lowest BCUT2D eigenvalue weighted by atomic mass is 10.0. The van der Waals surface area contributed by atoms with Gasteiger partial charge in [-0.1, -0.05) is 60.7 Å². The molecule has 4 rings (SSSR count). The Morgan fingerprint density at radius 3 is 2.25 bits per heavy atom. The van der Waals surface area contributed by atoms with Gasteiger partial charge in [-0.25, -0.2) is 9.68 Å². The summed E-state index contributed by atoms with van der Waals surface area (Å²) in [5.74, 6) is 0.306. The van der Waals surface area contributed by atoms with Crippen LogP contribution in [0, 0.1) is 0 Å². The lowest BCUT2D eigenvalue weighted by molar-refractivity contribution is -0.215. The molecule has 0 spiro atoms. The number of benzene rings is 3. The van der Waals surface area contributed by atoms with E-state index in [2.05, 4.69) is 6.07 Å². The molecule has 1 atom stereocenters. The van der Waals surface area contributed by atoms with Crippen molar-refractivity contribution < 1.29 is 24.1 Å². The third-order valence-electron chi connectivity index (χ3n) is 4.27. The van der Waals surface area contributed by atoms with Gasteiger partial charge >= 0.3 is 5.97 Å². The maximum absolute atomic E-state index is 11.9. The van der Waals surface area contributed by atoms with Crippen molar-refractivity contribution in [2.45, 2.75) is 19.4 Å². The minimum Gasteiger partial charge on any atom is -0.488 e. The maximum atomic E-state index is 11.9. The SMILES string of the molecule is CC(C(=O)OOc1ccccc1C=O)c1ccccc1.c1ccc2c(c1)CO2. The number of hydrogen-bond acceptors (Lipinski definition) is 5. The Morgan fingerprint density at radius 1 is 0.964 bits per heavy atom. The number of fused-ring (bicyclic) bond motifs is 1. The Kier molecular flexibility index (Phi) is 6.41. The molecule has 0 saturated carbocycles. The zero-order valence-electron chi connectivity index (χ0n) is 15.4. The fraction of sp³-hybridized carbons (Fsp3) is 0.130. The Labute approximate surface area is 163 Å². The van der Waals surface area contributed by atoms with Gasteiger partial charge in [-0.3, -0.25) is 9.68 Å². The molecule has 0 aromatic heterocycles. The molecular formula is C23H20O5. The predicted molar refractivity (Wildman–Crippen MR) is 104 cm³/mol. The highest BCUT2D eigenvalue weighted by Crippen LogP contribution is 2.27. The van der Waals surface area contributed by atoms with E-state index in [1.807, 2.05) is 48.5 Å². The van der Waals surface area contributed by atoms with Gasteiger partial charge in [0.05, 0.1) is 11.5 Å². The first kappa shape index (κ1) is 19.2. The van der Waals surface area contributed by atoms with E-state index in [4.69, 9.17) is 14.5 Å². The van der Waals surface area contributed by atoms with E-state index >= 15 is 0 Å². The number of carbonyl (C=O) groups is 2. The standard InChI is InChI=1S/C16H14O4.C7H6O/c1-12(13-7-3-2-4-8-13)16(18)20-19-15-10-6-5-9-14(15)11-17;1-2-4-7-6(3-1)5-8-7/h2-12H,1H3;1-4H,5H2. The van der Waals surface area contributed by atoms with Crippen molar-refractivity contribution in [3.8, 4) is 11.5 Å². The molecule has 0 aliphatic carbocycles. The number of aldehydes is 1. The van der Waals surface area contributed by atoms with Crippen molar-refractivity contribution in [1.82, 2.24) is 0 Å². The molecule has 142 valence electrons. The van der Waals surface area contributed by atoms with Crippen LogP contribution < -0.4 is 9.62 Å². The average molecular weight is 376 g/mol. The van der Waals surface area contributed by atoms with Gasteiger partial charge in [-0.2, -0.15) is 0 Å². The lowest BCUT2D eigenvalue weighted by Crippen LogP contribution is -2.15. The van der Waals surface area contributed by atoms with Gasteiger partial charge in [0.1, 0.15) is 12.4 Å². The number of carbonyl (C=O) groups excluding carboxylic acids is 2. The first-order chi connectivity index (χ1) is 13.7. The zero-order chi connectivity index (χ0) is 19.8. The summed E-state index contributed by atoms with van der Waals surface area (Å²) >= 11 is 0. The van der Waals surface area contributed by atoms with E-state index in [0.29, 0.717) is 11.8 Å². The molecule has 1 aliphatic rings. The van der Waals surface area contributed by atoms with Crippen molar-refractivity contribution in [3.05, 3.63) is 95.6 Å². The summed E-state index contributed by atoms with van der Waals surface area (Å²) < 4.78 is 5.08. The molecule has 5 heteroatoms.